The molecule has 1 fully saturated rings. The Kier molecular flexibility index (Phi) is 6.51. The van der Waals surface area contributed by atoms with Gasteiger partial charge in [0.15, 0.2) is 0 Å². The van der Waals surface area contributed by atoms with E-state index < -0.39 is 0 Å². The summed E-state index contributed by atoms with van der Waals surface area (Å²) >= 11 is 0. The number of benzene rings is 1. The molecule has 1 saturated heterocycles. The zero-order valence-electron chi connectivity index (χ0n) is 17.7. The molecule has 4 rings (SSSR count). The molecule has 0 spiro atoms. The monoisotopic (exact) mass is 421 g/mol. The van der Waals surface area contributed by atoms with Crippen molar-refractivity contribution in [3.63, 3.8) is 0 Å². The molecule has 31 heavy (non-hydrogen) atoms. The van der Waals surface area contributed by atoms with Gasteiger partial charge in [-0.15, -0.1) is 5.10 Å². The Morgan fingerprint density at radius 3 is 2.81 bits per heavy atom. The van der Waals surface area contributed by atoms with E-state index in [9.17, 15) is 9.59 Å². The fraction of sp³-hybridized carbons (Fsp3) is 0.409. The fourth-order valence-corrected chi connectivity index (χ4v) is 3.65. The van der Waals surface area contributed by atoms with Crippen LogP contribution in [0.15, 0.2) is 47.4 Å². The minimum atomic E-state index is -0.238. The fourth-order valence-electron chi connectivity index (χ4n) is 3.65. The average Bonchev–Trinajstić information content (AvgIpc) is 3.02. The number of hydrogen-bond acceptors (Lipinski definition) is 7. The number of aromatic nitrogens is 4. The minimum Gasteiger partial charge on any atom is -0.355 e. The summed E-state index contributed by atoms with van der Waals surface area (Å²) in [7, 11) is 2.14. The number of rotatable bonds is 6. The first kappa shape index (κ1) is 20.9. The Hall–Kier alpha value is -3.33. The van der Waals surface area contributed by atoms with Crippen molar-refractivity contribution in [1.29, 1.82) is 0 Å². The third-order valence-corrected chi connectivity index (χ3v) is 5.52. The van der Waals surface area contributed by atoms with E-state index in [1.54, 1.807) is 18.2 Å². The van der Waals surface area contributed by atoms with Crippen molar-refractivity contribution in [2.45, 2.75) is 25.9 Å². The molecule has 0 atom stereocenters. The van der Waals surface area contributed by atoms with E-state index in [4.69, 9.17) is 0 Å². The van der Waals surface area contributed by atoms with Gasteiger partial charge in [0.25, 0.3) is 5.56 Å². The third kappa shape index (κ3) is 5.24. The van der Waals surface area contributed by atoms with Crippen LogP contribution in [0.5, 0.6) is 0 Å². The van der Waals surface area contributed by atoms with Gasteiger partial charge in [-0.1, -0.05) is 23.4 Å². The lowest BCUT2D eigenvalue weighted by Gasteiger charge is -2.21. The molecule has 3 heterocycles. The molecular weight excluding hydrogens is 394 g/mol. The highest BCUT2D eigenvalue weighted by molar-refractivity contribution is 5.77. The molecular formula is C22H27N7O2. The van der Waals surface area contributed by atoms with Gasteiger partial charge in [0, 0.05) is 38.8 Å². The lowest BCUT2D eigenvalue weighted by Crippen LogP contribution is -2.30. The first-order valence-electron chi connectivity index (χ1n) is 10.6. The molecule has 1 aliphatic heterocycles. The summed E-state index contributed by atoms with van der Waals surface area (Å²) in [5, 5.41) is 11.3. The van der Waals surface area contributed by atoms with Crippen LogP contribution in [0.2, 0.25) is 0 Å². The van der Waals surface area contributed by atoms with Gasteiger partial charge in [0.2, 0.25) is 5.91 Å². The van der Waals surface area contributed by atoms with Crippen LogP contribution in [0.25, 0.3) is 10.9 Å². The van der Waals surface area contributed by atoms with Crippen molar-refractivity contribution in [2.24, 2.45) is 0 Å². The SMILES string of the molecule is CN1CCCN(c2ccc(CNC(=O)CCn3nnc4ccccc4c3=O)cn2)CC1. The molecule has 0 radical (unpaired) electrons. The maximum atomic E-state index is 12.4. The topological polar surface area (TPSA) is 96.2 Å². The second-order valence-electron chi connectivity index (χ2n) is 7.83. The maximum Gasteiger partial charge on any atom is 0.277 e. The molecule has 0 aliphatic carbocycles. The Labute approximate surface area is 180 Å². The molecule has 0 saturated carbocycles. The summed E-state index contributed by atoms with van der Waals surface area (Å²) in [5.41, 5.74) is 1.25. The summed E-state index contributed by atoms with van der Waals surface area (Å²) in [6, 6.07) is 11.1. The number of fused-ring (bicyclic) bond motifs is 1. The van der Waals surface area contributed by atoms with Crippen molar-refractivity contribution in [2.75, 3.05) is 38.1 Å². The molecule has 9 heteroatoms. The van der Waals surface area contributed by atoms with Crippen LogP contribution in [0.1, 0.15) is 18.4 Å². The maximum absolute atomic E-state index is 12.4. The number of anilines is 1. The number of aryl methyl sites for hydroxylation is 1. The van der Waals surface area contributed by atoms with E-state index in [1.807, 2.05) is 24.4 Å². The number of nitrogens with zero attached hydrogens (tertiary/aromatic N) is 6. The first-order valence-corrected chi connectivity index (χ1v) is 10.6. The van der Waals surface area contributed by atoms with Crippen LogP contribution >= 0.6 is 0 Å². The number of carbonyl (C=O) groups excluding carboxylic acids is 1. The van der Waals surface area contributed by atoms with Crippen LogP contribution in [-0.4, -0.2) is 64.0 Å². The van der Waals surface area contributed by atoms with Crippen molar-refractivity contribution >= 4 is 22.6 Å². The van der Waals surface area contributed by atoms with Crippen LogP contribution in [-0.2, 0) is 17.9 Å². The Bertz CT molecular complexity index is 1100. The molecule has 1 amide bonds. The Balaban J connectivity index is 1.28. The standard InChI is InChI=1S/C22H27N7O2/c1-27-10-4-11-28(14-13-27)20-8-7-17(15-23-20)16-24-21(30)9-12-29-22(31)18-5-2-3-6-19(18)25-26-29/h2-3,5-8,15H,4,9-14,16H2,1H3,(H,24,30). The molecule has 0 bridgehead atoms. The number of carbonyl (C=O) groups is 1. The predicted octanol–water partition coefficient (Wildman–Crippen LogP) is 1.03. The van der Waals surface area contributed by atoms with Gasteiger partial charge >= 0.3 is 0 Å². The van der Waals surface area contributed by atoms with Crippen molar-refractivity contribution in [1.82, 2.24) is 30.2 Å². The number of pyridine rings is 1. The molecule has 9 nitrogen and oxygen atoms in total. The van der Waals surface area contributed by atoms with Gasteiger partial charge in [0.05, 0.1) is 11.9 Å². The van der Waals surface area contributed by atoms with Crippen LogP contribution in [0.3, 0.4) is 0 Å². The smallest absolute Gasteiger partial charge is 0.277 e. The van der Waals surface area contributed by atoms with Crippen molar-refractivity contribution in [3.8, 4) is 0 Å². The summed E-state index contributed by atoms with van der Waals surface area (Å²) < 4.78 is 1.23. The normalized spacial score (nSPS) is 15.1. The highest BCUT2D eigenvalue weighted by atomic mass is 16.2. The van der Waals surface area contributed by atoms with Gasteiger partial charge in [-0.25, -0.2) is 9.67 Å². The molecule has 162 valence electrons. The van der Waals surface area contributed by atoms with E-state index >= 15 is 0 Å². The first-order chi connectivity index (χ1) is 15.1. The zero-order chi connectivity index (χ0) is 21.6. The Morgan fingerprint density at radius 2 is 1.97 bits per heavy atom. The number of amides is 1. The van der Waals surface area contributed by atoms with Crippen molar-refractivity contribution in [3.05, 3.63) is 58.5 Å². The minimum absolute atomic E-state index is 0.151. The summed E-state index contributed by atoms with van der Waals surface area (Å²) in [6.45, 7) is 4.69. The van der Waals surface area contributed by atoms with E-state index in [0.29, 0.717) is 17.4 Å². The number of hydrogen-bond donors (Lipinski definition) is 1. The molecule has 1 aliphatic rings. The van der Waals surface area contributed by atoms with Crippen LogP contribution < -0.4 is 15.8 Å². The average molecular weight is 422 g/mol. The van der Waals surface area contributed by atoms with Crippen LogP contribution in [0.4, 0.5) is 5.82 Å². The summed E-state index contributed by atoms with van der Waals surface area (Å²) in [4.78, 5) is 33.9. The summed E-state index contributed by atoms with van der Waals surface area (Å²) in [5.74, 6) is 0.820. The molecule has 2 aromatic heterocycles. The lowest BCUT2D eigenvalue weighted by atomic mass is 10.2. The van der Waals surface area contributed by atoms with E-state index in [-0.39, 0.29) is 24.4 Å². The molecule has 1 aromatic carbocycles. The van der Waals surface area contributed by atoms with Gasteiger partial charge in [-0.05, 0) is 43.8 Å². The predicted molar refractivity (Wildman–Crippen MR) is 119 cm³/mol. The second-order valence-corrected chi connectivity index (χ2v) is 7.83. The largest absolute Gasteiger partial charge is 0.355 e. The lowest BCUT2D eigenvalue weighted by molar-refractivity contribution is -0.121. The zero-order valence-corrected chi connectivity index (χ0v) is 17.7. The van der Waals surface area contributed by atoms with Crippen LogP contribution in [0, 0.1) is 0 Å². The van der Waals surface area contributed by atoms with E-state index in [0.717, 1.165) is 44.0 Å². The van der Waals surface area contributed by atoms with Gasteiger partial charge in [-0.2, -0.15) is 0 Å². The molecule has 3 aromatic rings. The Morgan fingerprint density at radius 1 is 1.10 bits per heavy atom. The van der Waals surface area contributed by atoms with E-state index in [2.05, 4.69) is 37.5 Å². The van der Waals surface area contributed by atoms with Gasteiger partial charge in [-0.3, -0.25) is 9.59 Å². The van der Waals surface area contributed by atoms with Gasteiger partial charge < -0.3 is 15.1 Å². The van der Waals surface area contributed by atoms with Gasteiger partial charge in [0.1, 0.15) is 11.3 Å². The highest BCUT2D eigenvalue weighted by Gasteiger charge is 2.13. The third-order valence-electron chi connectivity index (χ3n) is 5.52. The molecule has 1 N–H and O–H groups in total. The van der Waals surface area contributed by atoms with Crippen molar-refractivity contribution < 1.29 is 4.79 Å². The quantitative estimate of drug-likeness (QED) is 0.635. The summed E-state index contributed by atoms with van der Waals surface area (Å²) in [6.07, 6.45) is 3.09. The van der Waals surface area contributed by atoms with E-state index in [1.165, 1.54) is 4.68 Å². The molecule has 0 unspecified atom stereocenters. The highest BCUT2D eigenvalue weighted by Crippen LogP contribution is 2.14. The second kappa shape index (κ2) is 9.65. The number of nitrogens with one attached hydrogen (secondary N) is 1. The number of likely N-dealkylation sites (N-methyl/N-ethyl adjacent to an activating group) is 1.